The SMILES string of the molecule is COc1ccc(N2C(S)=C(C#N)C(=O)N[C@H]2c2ccc(-c3ccccc3Cl)o2)cc1. The molecule has 0 bridgehead atoms. The Bertz CT molecular complexity index is 1180. The van der Waals surface area contributed by atoms with Crippen LogP contribution in [0.3, 0.4) is 0 Å². The predicted molar refractivity (Wildman–Crippen MR) is 117 cm³/mol. The van der Waals surface area contributed by atoms with Crippen molar-refractivity contribution in [1.29, 1.82) is 5.26 Å². The molecule has 1 aliphatic rings. The molecular formula is C22H16ClN3O3S. The number of hydrogen-bond acceptors (Lipinski definition) is 6. The average Bonchev–Trinajstić information content (AvgIpc) is 3.24. The van der Waals surface area contributed by atoms with Crippen LogP contribution in [0.1, 0.15) is 11.9 Å². The van der Waals surface area contributed by atoms with E-state index in [1.807, 2.05) is 36.4 Å². The Labute approximate surface area is 183 Å². The number of halogens is 1. The third-order valence-electron chi connectivity index (χ3n) is 4.70. The number of nitrogens with one attached hydrogen (secondary N) is 1. The van der Waals surface area contributed by atoms with Crippen LogP contribution in [0.2, 0.25) is 5.02 Å². The zero-order valence-electron chi connectivity index (χ0n) is 15.8. The molecule has 0 unspecified atom stereocenters. The zero-order valence-corrected chi connectivity index (χ0v) is 17.4. The van der Waals surface area contributed by atoms with E-state index in [4.69, 9.17) is 20.8 Å². The van der Waals surface area contributed by atoms with Crippen molar-refractivity contribution in [3.05, 3.63) is 82.0 Å². The highest BCUT2D eigenvalue weighted by Gasteiger charge is 2.35. The van der Waals surface area contributed by atoms with Crippen molar-refractivity contribution in [3.63, 3.8) is 0 Å². The summed E-state index contributed by atoms with van der Waals surface area (Å²) in [5.41, 5.74) is 1.36. The lowest BCUT2D eigenvalue weighted by Gasteiger charge is -2.36. The van der Waals surface area contributed by atoms with Crippen molar-refractivity contribution in [3.8, 4) is 23.1 Å². The summed E-state index contributed by atoms with van der Waals surface area (Å²) in [5.74, 6) is 1.20. The first kappa shape index (κ1) is 20.0. The van der Waals surface area contributed by atoms with Gasteiger partial charge in [0.05, 0.1) is 17.2 Å². The standard InChI is InChI=1S/C22H16ClN3O3S/c1-28-14-8-6-13(7-9-14)26-20(25-21(27)16(12-24)22(26)30)19-11-10-18(29-19)15-4-2-3-5-17(15)23/h2-11,20,30H,1H3,(H,25,27)/t20-/m1/s1. The summed E-state index contributed by atoms with van der Waals surface area (Å²) >= 11 is 10.8. The van der Waals surface area contributed by atoms with E-state index in [0.29, 0.717) is 28.0 Å². The van der Waals surface area contributed by atoms with E-state index in [9.17, 15) is 10.1 Å². The Hall–Kier alpha value is -3.34. The molecule has 1 aliphatic heterocycles. The van der Waals surface area contributed by atoms with Gasteiger partial charge in [0.2, 0.25) is 0 Å². The maximum atomic E-state index is 12.5. The van der Waals surface area contributed by atoms with Gasteiger partial charge >= 0.3 is 0 Å². The summed E-state index contributed by atoms with van der Waals surface area (Å²) in [4.78, 5) is 14.2. The molecule has 0 aliphatic carbocycles. The second-order valence-corrected chi connectivity index (χ2v) is 7.27. The predicted octanol–water partition coefficient (Wildman–Crippen LogP) is 4.91. The Kier molecular flexibility index (Phi) is 5.44. The first-order chi connectivity index (χ1) is 14.5. The van der Waals surface area contributed by atoms with E-state index in [1.54, 1.807) is 42.3 Å². The van der Waals surface area contributed by atoms with E-state index in [1.165, 1.54) is 0 Å². The summed E-state index contributed by atoms with van der Waals surface area (Å²) in [6.07, 6.45) is -0.702. The van der Waals surface area contributed by atoms with Gasteiger partial charge < -0.3 is 19.4 Å². The topological polar surface area (TPSA) is 78.5 Å². The maximum Gasteiger partial charge on any atom is 0.266 e. The van der Waals surface area contributed by atoms with Crippen LogP contribution in [-0.2, 0) is 4.79 Å². The Balaban J connectivity index is 1.79. The summed E-state index contributed by atoms with van der Waals surface area (Å²) in [7, 11) is 1.58. The minimum atomic E-state index is -0.702. The van der Waals surface area contributed by atoms with Crippen molar-refractivity contribution in [2.75, 3.05) is 12.0 Å². The van der Waals surface area contributed by atoms with Crippen molar-refractivity contribution in [1.82, 2.24) is 5.32 Å². The van der Waals surface area contributed by atoms with Gasteiger partial charge in [0, 0.05) is 11.3 Å². The van der Waals surface area contributed by atoms with Crippen LogP contribution in [0.25, 0.3) is 11.3 Å². The summed E-state index contributed by atoms with van der Waals surface area (Å²) in [6, 6.07) is 20.0. The average molecular weight is 438 g/mol. The Morgan fingerprint density at radius 2 is 1.90 bits per heavy atom. The lowest BCUT2D eigenvalue weighted by atomic mass is 10.1. The molecule has 0 spiro atoms. The van der Waals surface area contributed by atoms with Crippen molar-refractivity contribution in [2.24, 2.45) is 0 Å². The van der Waals surface area contributed by atoms with Crippen LogP contribution in [0, 0.1) is 11.3 Å². The summed E-state index contributed by atoms with van der Waals surface area (Å²) in [5, 5.41) is 13.0. The Morgan fingerprint density at radius 3 is 2.57 bits per heavy atom. The maximum absolute atomic E-state index is 12.5. The van der Waals surface area contributed by atoms with Gasteiger partial charge in [0.1, 0.15) is 28.9 Å². The van der Waals surface area contributed by atoms with Crippen molar-refractivity contribution in [2.45, 2.75) is 6.17 Å². The van der Waals surface area contributed by atoms with Gasteiger partial charge in [0.25, 0.3) is 5.91 Å². The molecule has 1 aromatic heterocycles. The highest BCUT2D eigenvalue weighted by atomic mass is 35.5. The fraction of sp³-hybridized carbons (Fsp3) is 0.0909. The smallest absolute Gasteiger partial charge is 0.266 e. The molecule has 30 heavy (non-hydrogen) atoms. The number of carbonyl (C=O) groups is 1. The molecule has 1 N–H and O–H groups in total. The number of nitrogens with zero attached hydrogens (tertiary/aromatic N) is 2. The molecular weight excluding hydrogens is 422 g/mol. The van der Waals surface area contributed by atoms with Gasteiger partial charge in [0.15, 0.2) is 6.17 Å². The van der Waals surface area contributed by atoms with Crippen molar-refractivity contribution >= 4 is 35.8 Å². The van der Waals surface area contributed by atoms with E-state index in [0.717, 1.165) is 5.56 Å². The molecule has 150 valence electrons. The van der Waals surface area contributed by atoms with Gasteiger partial charge in [-0.3, -0.25) is 4.79 Å². The molecule has 4 rings (SSSR count). The third kappa shape index (κ3) is 3.52. The number of hydrogen-bond donors (Lipinski definition) is 2. The molecule has 3 aromatic rings. The lowest BCUT2D eigenvalue weighted by Crippen LogP contribution is -2.45. The summed E-state index contributed by atoms with van der Waals surface area (Å²) in [6.45, 7) is 0. The van der Waals surface area contributed by atoms with Gasteiger partial charge in [-0.05, 0) is 48.5 Å². The number of benzene rings is 2. The van der Waals surface area contributed by atoms with Crippen LogP contribution in [0.5, 0.6) is 5.75 Å². The van der Waals surface area contributed by atoms with Gasteiger partial charge in [-0.2, -0.15) is 5.26 Å². The molecule has 0 saturated carbocycles. The van der Waals surface area contributed by atoms with Crippen LogP contribution in [0.15, 0.2) is 75.7 Å². The third-order valence-corrected chi connectivity index (χ3v) is 5.47. The second-order valence-electron chi connectivity index (χ2n) is 6.44. The molecule has 0 fully saturated rings. The van der Waals surface area contributed by atoms with Gasteiger partial charge in [-0.1, -0.05) is 23.7 Å². The molecule has 2 heterocycles. The normalized spacial score (nSPS) is 16.3. The van der Waals surface area contributed by atoms with Gasteiger partial charge in [-0.25, -0.2) is 0 Å². The zero-order chi connectivity index (χ0) is 21.3. The molecule has 1 atom stereocenters. The van der Waals surface area contributed by atoms with Crippen LogP contribution in [-0.4, -0.2) is 13.0 Å². The molecule has 0 saturated heterocycles. The molecule has 6 nitrogen and oxygen atoms in total. The first-order valence-corrected chi connectivity index (χ1v) is 9.78. The Morgan fingerprint density at radius 1 is 1.17 bits per heavy atom. The van der Waals surface area contributed by atoms with Gasteiger partial charge in [-0.15, -0.1) is 12.6 Å². The highest BCUT2D eigenvalue weighted by molar-refractivity contribution is 7.84. The van der Waals surface area contributed by atoms with Crippen LogP contribution >= 0.6 is 24.2 Å². The summed E-state index contributed by atoms with van der Waals surface area (Å²) < 4.78 is 11.3. The highest BCUT2D eigenvalue weighted by Crippen LogP contribution is 2.38. The second kappa shape index (κ2) is 8.19. The van der Waals surface area contributed by atoms with Crippen LogP contribution in [0.4, 0.5) is 5.69 Å². The molecule has 1 amide bonds. The molecule has 2 aromatic carbocycles. The number of amides is 1. The number of rotatable bonds is 4. The first-order valence-electron chi connectivity index (χ1n) is 8.95. The number of methoxy groups -OCH3 is 1. The number of anilines is 1. The van der Waals surface area contributed by atoms with E-state index >= 15 is 0 Å². The number of ether oxygens (including phenoxy) is 1. The number of nitriles is 1. The fourth-order valence-corrected chi connectivity index (χ4v) is 3.84. The number of furan rings is 1. The van der Waals surface area contributed by atoms with E-state index in [2.05, 4.69) is 17.9 Å². The van der Waals surface area contributed by atoms with Crippen LogP contribution < -0.4 is 15.0 Å². The number of thiol groups is 1. The monoisotopic (exact) mass is 437 g/mol. The van der Waals surface area contributed by atoms with E-state index < -0.39 is 12.1 Å². The minimum absolute atomic E-state index is 0.0803. The van der Waals surface area contributed by atoms with Crippen molar-refractivity contribution < 1.29 is 13.9 Å². The number of carbonyl (C=O) groups excluding carboxylic acids is 1. The minimum Gasteiger partial charge on any atom is -0.497 e. The van der Waals surface area contributed by atoms with E-state index in [-0.39, 0.29) is 10.6 Å². The largest absolute Gasteiger partial charge is 0.497 e. The quantitative estimate of drug-likeness (QED) is 0.567. The molecule has 8 heteroatoms. The fourth-order valence-electron chi connectivity index (χ4n) is 3.22. The lowest BCUT2D eigenvalue weighted by molar-refractivity contribution is -0.118. The molecule has 0 radical (unpaired) electrons.